The molecule has 0 aromatic heterocycles. The third-order valence-electron chi connectivity index (χ3n) is 3.40. The Balaban J connectivity index is 2.12. The summed E-state index contributed by atoms with van der Waals surface area (Å²) in [6.45, 7) is 3.57. The summed E-state index contributed by atoms with van der Waals surface area (Å²) in [4.78, 5) is 23.7. The van der Waals surface area contributed by atoms with Gasteiger partial charge in [0.15, 0.2) is 0 Å². The smallest absolute Gasteiger partial charge is 0.347 e. The fourth-order valence-electron chi connectivity index (χ4n) is 2.09. The fraction of sp³-hybridized carbons (Fsp3) is 0.467. The summed E-state index contributed by atoms with van der Waals surface area (Å²) in [6.07, 6.45) is -0.689. The van der Waals surface area contributed by atoms with Crippen molar-refractivity contribution in [2.45, 2.75) is 37.3 Å². The van der Waals surface area contributed by atoms with Gasteiger partial charge in [-0.15, -0.1) is 0 Å². The Morgan fingerprint density at radius 1 is 1.30 bits per heavy atom. The van der Waals surface area contributed by atoms with E-state index in [1.165, 1.54) is 12.1 Å². The number of hydrogen-bond acceptors (Lipinski definition) is 6. The van der Waals surface area contributed by atoms with E-state index in [9.17, 15) is 18.0 Å². The molecule has 0 unspecified atom stereocenters. The molecule has 1 fully saturated rings. The van der Waals surface area contributed by atoms with Crippen LogP contribution < -0.4 is 4.72 Å². The SMILES string of the molecule is CC(C)[C@H](NS(=O)(=O)c1ccccc1)C(=O)O[C@H]1CCOC1=O. The highest BCUT2D eigenvalue weighted by atomic mass is 32.2. The molecule has 1 N–H and O–H groups in total. The molecule has 1 aliphatic rings. The second-order valence-corrected chi connectivity index (χ2v) is 7.25. The van der Waals surface area contributed by atoms with E-state index in [1.54, 1.807) is 32.0 Å². The molecule has 1 aromatic carbocycles. The van der Waals surface area contributed by atoms with Crippen LogP contribution in [-0.2, 0) is 29.1 Å². The van der Waals surface area contributed by atoms with Gasteiger partial charge in [-0.3, -0.25) is 4.79 Å². The van der Waals surface area contributed by atoms with Crippen molar-refractivity contribution in [2.75, 3.05) is 6.61 Å². The maximum atomic E-state index is 12.3. The largest absolute Gasteiger partial charge is 0.463 e. The number of benzene rings is 1. The quantitative estimate of drug-likeness (QED) is 0.770. The highest BCUT2D eigenvalue weighted by molar-refractivity contribution is 7.89. The van der Waals surface area contributed by atoms with Crippen molar-refractivity contribution in [1.29, 1.82) is 0 Å². The summed E-state index contributed by atoms with van der Waals surface area (Å²) < 4.78 is 36.8. The number of carbonyl (C=O) groups excluding carboxylic acids is 2. The molecule has 0 bridgehead atoms. The van der Waals surface area contributed by atoms with E-state index < -0.39 is 34.1 Å². The molecule has 1 aliphatic heterocycles. The molecule has 23 heavy (non-hydrogen) atoms. The van der Waals surface area contributed by atoms with Gasteiger partial charge >= 0.3 is 11.9 Å². The predicted octanol–water partition coefficient (Wildman–Crippen LogP) is 0.848. The minimum atomic E-state index is -3.86. The lowest BCUT2D eigenvalue weighted by Crippen LogP contribution is -2.46. The van der Waals surface area contributed by atoms with E-state index in [-0.39, 0.29) is 23.8 Å². The van der Waals surface area contributed by atoms with Gasteiger partial charge in [-0.1, -0.05) is 32.0 Å². The Labute approximate surface area is 135 Å². The molecule has 0 spiro atoms. The Morgan fingerprint density at radius 3 is 2.48 bits per heavy atom. The molecule has 7 nitrogen and oxygen atoms in total. The average molecular weight is 341 g/mol. The number of esters is 2. The first-order valence-electron chi connectivity index (χ1n) is 7.26. The lowest BCUT2D eigenvalue weighted by Gasteiger charge is -2.21. The normalized spacial score (nSPS) is 19.4. The minimum Gasteiger partial charge on any atom is -0.463 e. The van der Waals surface area contributed by atoms with E-state index in [2.05, 4.69) is 4.72 Å². The Hall–Kier alpha value is -1.93. The van der Waals surface area contributed by atoms with Crippen molar-refractivity contribution in [1.82, 2.24) is 4.72 Å². The van der Waals surface area contributed by atoms with E-state index in [1.807, 2.05) is 0 Å². The van der Waals surface area contributed by atoms with Gasteiger partial charge in [0.05, 0.1) is 11.5 Å². The number of rotatable bonds is 6. The molecule has 0 aliphatic carbocycles. The fourth-order valence-corrected chi connectivity index (χ4v) is 3.44. The molecule has 2 rings (SSSR count). The third kappa shape index (κ3) is 4.29. The highest BCUT2D eigenvalue weighted by Gasteiger charge is 2.35. The topological polar surface area (TPSA) is 98.8 Å². The van der Waals surface area contributed by atoms with Crippen molar-refractivity contribution < 1.29 is 27.5 Å². The number of carbonyl (C=O) groups is 2. The molecule has 2 atom stereocenters. The van der Waals surface area contributed by atoms with Crippen molar-refractivity contribution >= 4 is 22.0 Å². The molecule has 8 heteroatoms. The van der Waals surface area contributed by atoms with Gasteiger partial charge in [-0.25, -0.2) is 13.2 Å². The summed E-state index contributed by atoms with van der Waals surface area (Å²) >= 11 is 0. The van der Waals surface area contributed by atoms with Gasteiger partial charge in [0.2, 0.25) is 16.1 Å². The van der Waals surface area contributed by atoms with E-state index in [0.717, 1.165) is 0 Å². The Kier molecular flexibility index (Phi) is 5.38. The van der Waals surface area contributed by atoms with Gasteiger partial charge in [-0.05, 0) is 18.1 Å². The second kappa shape index (κ2) is 7.10. The summed E-state index contributed by atoms with van der Waals surface area (Å²) in [5.41, 5.74) is 0. The van der Waals surface area contributed by atoms with Gasteiger partial charge < -0.3 is 9.47 Å². The van der Waals surface area contributed by atoms with Crippen molar-refractivity contribution in [3.63, 3.8) is 0 Å². The highest BCUT2D eigenvalue weighted by Crippen LogP contribution is 2.16. The van der Waals surface area contributed by atoms with Gasteiger partial charge in [0.25, 0.3) is 0 Å². The molecule has 0 saturated carbocycles. The van der Waals surface area contributed by atoms with Gasteiger partial charge in [0, 0.05) is 6.42 Å². The molecule has 1 heterocycles. The second-order valence-electron chi connectivity index (χ2n) is 5.54. The van der Waals surface area contributed by atoms with Crippen LogP contribution in [-0.4, -0.2) is 39.1 Å². The molecular weight excluding hydrogens is 322 g/mol. The standard InChI is InChI=1S/C15H19NO6S/c1-10(2)13(15(18)22-12-8-9-21-14(12)17)16-23(19,20)11-6-4-3-5-7-11/h3-7,10,12-13,16H,8-9H2,1-2H3/t12-,13-/m0/s1. The first-order valence-corrected chi connectivity index (χ1v) is 8.74. The number of nitrogens with one attached hydrogen (secondary N) is 1. The summed E-state index contributed by atoms with van der Waals surface area (Å²) in [5, 5.41) is 0. The maximum absolute atomic E-state index is 12.3. The van der Waals surface area contributed by atoms with Gasteiger partial charge in [0.1, 0.15) is 6.04 Å². The van der Waals surface area contributed by atoms with Crippen molar-refractivity contribution in [3.8, 4) is 0 Å². The molecule has 0 radical (unpaired) electrons. The van der Waals surface area contributed by atoms with Crippen LogP contribution in [0.4, 0.5) is 0 Å². The summed E-state index contributed by atoms with van der Waals surface area (Å²) in [6, 6.07) is 6.64. The van der Waals surface area contributed by atoms with Crippen LogP contribution in [0.5, 0.6) is 0 Å². The first-order chi connectivity index (χ1) is 10.8. The Bertz CT molecular complexity index is 670. The zero-order valence-electron chi connectivity index (χ0n) is 12.9. The maximum Gasteiger partial charge on any atom is 0.347 e. The van der Waals surface area contributed by atoms with Crippen molar-refractivity contribution in [2.24, 2.45) is 5.92 Å². The molecule has 0 amide bonds. The zero-order valence-corrected chi connectivity index (χ0v) is 13.7. The summed E-state index contributed by atoms with van der Waals surface area (Å²) in [5.74, 6) is -1.74. The van der Waals surface area contributed by atoms with Crippen LogP contribution in [0.2, 0.25) is 0 Å². The summed E-state index contributed by atoms with van der Waals surface area (Å²) in [7, 11) is -3.86. The number of cyclic esters (lactones) is 1. The molecular formula is C15H19NO6S. The van der Waals surface area contributed by atoms with Crippen LogP contribution in [0.25, 0.3) is 0 Å². The van der Waals surface area contributed by atoms with Crippen LogP contribution in [0.1, 0.15) is 20.3 Å². The first kappa shape index (κ1) is 17.4. The third-order valence-corrected chi connectivity index (χ3v) is 4.86. The monoisotopic (exact) mass is 341 g/mol. The Morgan fingerprint density at radius 2 is 1.96 bits per heavy atom. The van der Waals surface area contributed by atoms with Crippen LogP contribution >= 0.6 is 0 Å². The van der Waals surface area contributed by atoms with Crippen molar-refractivity contribution in [3.05, 3.63) is 30.3 Å². The van der Waals surface area contributed by atoms with E-state index >= 15 is 0 Å². The van der Waals surface area contributed by atoms with Gasteiger partial charge in [-0.2, -0.15) is 4.72 Å². The number of sulfonamides is 1. The number of hydrogen-bond donors (Lipinski definition) is 1. The predicted molar refractivity (Wildman–Crippen MR) is 80.8 cm³/mol. The lowest BCUT2D eigenvalue weighted by molar-refractivity contribution is -0.162. The average Bonchev–Trinajstić information content (AvgIpc) is 2.90. The molecule has 1 aromatic rings. The lowest BCUT2D eigenvalue weighted by atomic mass is 10.1. The molecule has 1 saturated heterocycles. The number of ether oxygens (including phenoxy) is 2. The molecule has 126 valence electrons. The van der Waals surface area contributed by atoms with Crippen LogP contribution in [0, 0.1) is 5.92 Å². The minimum absolute atomic E-state index is 0.0544. The van der Waals surface area contributed by atoms with Crippen LogP contribution in [0.3, 0.4) is 0 Å². The zero-order chi connectivity index (χ0) is 17.0. The van der Waals surface area contributed by atoms with E-state index in [0.29, 0.717) is 0 Å². The van der Waals surface area contributed by atoms with Crippen LogP contribution in [0.15, 0.2) is 35.2 Å². The van der Waals surface area contributed by atoms with E-state index in [4.69, 9.17) is 9.47 Å².